The topological polar surface area (TPSA) is 46.3 Å². The molecule has 0 spiro atoms. The Kier molecular flexibility index (Phi) is 4.59. The number of fused-ring (bicyclic) bond motifs is 1. The Labute approximate surface area is 115 Å². The summed E-state index contributed by atoms with van der Waals surface area (Å²) in [7, 11) is 1.87. The highest BCUT2D eigenvalue weighted by atomic mass is 16.2. The van der Waals surface area contributed by atoms with Gasteiger partial charge in [-0.3, -0.25) is 4.79 Å². The van der Waals surface area contributed by atoms with E-state index >= 15 is 0 Å². The summed E-state index contributed by atoms with van der Waals surface area (Å²) in [6.45, 7) is 3.06. The molecule has 1 aromatic rings. The first-order chi connectivity index (χ1) is 9.13. The van der Waals surface area contributed by atoms with Crippen LogP contribution in [0.5, 0.6) is 0 Å². The van der Waals surface area contributed by atoms with E-state index < -0.39 is 0 Å². The Morgan fingerprint density at radius 3 is 2.84 bits per heavy atom. The monoisotopic (exact) mass is 260 g/mol. The Balaban J connectivity index is 2.10. The largest absolute Gasteiger partial charge is 0.330 e. The van der Waals surface area contributed by atoms with Crippen LogP contribution in [-0.4, -0.2) is 19.5 Å². The molecule has 1 heterocycles. The van der Waals surface area contributed by atoms with E-state index in [9.17, 15) is 4.79 Å². The highest BCUT2D eigenvalue weighted by Gasteiger charge is 2.21. The van der Waals surface area contributed by atoms with Gasteiger partial charge in [-0.2, -0.15) is 0 Å². The smallest absolute Gasteiger partial charge is 0.227 e. The van der Waals surface area contributed by atoms with Gasteiger partial charge >= 0.3 is 0 Å². The maximum absolute atomic E-state index is 11.7. The lowest BCUT2D eigenvalue weighted by molar-refractivity contribution is -0.118. The van der Waals surface area contributed by atoms with Crippen molar-refractivity contribution in [3.05, 3.63) is 29.3 Å². The zero-order valence-electron chi connectivity index (χ0n) is 12.0. The van der Waals surface area contributed by atoms with Gasteiger partial charge in [0.05, 0.1) is 0 Å². The van der Waals surface area contributed by atoms with E-state index in [1.807, 2.05) is 7.05 Å². The van der Waals surface area contributed by atoms with Crippen LogP contribution in [0.3, 0.4) is 0 Å². The van der Waals surface area contributed by atoms with Crippen LogP contribution >= 0.6 is 0 Å². The number of rotatable bonds is 5. The fraction of sp³-hybridized carbons (Fsp3) is 0.562. The van der Waals surface area contributed by atoms with Gasteiger partial charge in [0.2, 0.25) is 5.91 Å². The van der Waals surface area contributed by atoms with Crippen molar-refractivity contribution in [3.8, 4) is 0 Å². The molecule has 0 saturated heterocycles. The molecule has 3 heteroatoms. The quantitative estimate of drug-likeness (QED) is 0.827. The second-order valence-electron chi connectivity index (χ2n) is 5.53. The number of hydrogen-bond acceptors (Lipinski definition) is 2. The number of unbranched alkanes of at least 4 members (excludes halogenated alkanes) is 1. The molecule has 1 amide bonds. The Bertz CT molecular complexity index is 456. The van der Waals surface area contributed by atoms with Crippen molar-refractivity contribution in [1.29, 1.82) is 0 Å². The molecule has 2 rings (SSSR count). The molecule has 0 saturated carbocycles. The number of amides is 1. The lowest BCUT2D eigenvalue weighted by atomic mass is 9.91. The minimum absolute atomic E-state index is 0.219. The van der Waals surface area contributed by atoms with Gasteiger partial charge in [0, 0.05) is 19.2 Å². The van der Waals surface area contributed by atoms with Crippen molar-refractivity contribution in [1.82, 2.24) is 0 Å². The van der Waals surface area contributed by atoms with Crippen LogP contribution in [0.4, 0.5) is 5.69 Å². The van der Waals surface area contributed by atoms with Gasteiger partial charge in [-0.05, 0) is 48.9 Å². The van der Waals surface area contributed by atoms with Crippen LogP contribution in [0, 0.1) is 0 Å². The SMILES string of the molecule is CC(CCCCN)c1ccc2c(c1)CCC(=O)N2C. The molecule has 0 bridgehead atoms. The number of carbonyl (C=O) groups excluding carboxylic acids is 1. The minimum Gasteiger partial charge on any atom is -0.330 e. The fourth-order valence-corrected chi connectivity index (χ4v) is 2.74. The molecule has 0 aromatic heterocycles. The third kappa shape index (κ3) is 3.16. The van der Waals surface area contributed by atoms with Crippen molar-refractivity contribution in [3.63, 3.8) is 0 Å². The van der Waals surface area contributed by atoms with E-state index in [-0.39, 0.29) is 5.91 Å². The minimum atomic E-state index is 0.219. The Morgan fingerprint density at radius 2 is 2.11 bits per heavy atom. The average Bonchev–Trinajstić information content (AvgIpc) is 2.43. The zero-order valence-corrected chi connectivity index (χ0v) is 12.0. The molecular formula is C16H24N2O. The standard InChI is InChI=1S/C16H24N2O/c1-12(5-3-4-10-17)13-6-8-15-14(11-13)7-9-16(19)18(15)2/h6,8,11-12H,3-5,7,9-10,17H2,1-2H3. The van der Waals surface area contributed by atoms with E-state index in [2.05, 4.69) is 25.1 Å². The van der Waals surface area contributed by atoms with Crippen LogP contribution < -0.4 is 10.6 Å². The number of hydrogen-bond donors (Lipinski definition) is 1. The second-order valence-corrected chi connectivity index (χ2v) is 5.53. The van der Waals surface area contributed by atoms with Crippen LogP contribution in [0.1, 0.15) is 49.7 Å². The molecule has 1 unspecified atom stereocenters. The summed E-state index contributed by atoms with van der Waals surface area (Å²) < 4.78 is 0. The van der Waals surface area contributed by atoms with Gasteiger partial charge in [-0.1, -0.05) is 25.5 Å². The van der Waals surface area contributed by atoms with E-state index in [0.717, 1.165) is 25.1 Å². The zero-order chi connectivity index (χ0) is 13.8. The highest BCUT2D eigenvalue weighted by molar-refractivity contribution is 5.95. The van der Waals surface area contributed by atoms with Gasteiger partial charge < -0.3 is 10.6 Å². The molecule has 3 nitrogen and oxygen atoms in total. The van der Waals surface area contributed by atoms with Gasteiger partial charge in [-0.25, -0.2) is 0 Å². The molecular weight excluding hydrogens is 236 g/mol. The van der Waals surface area contributed by atoms with E-state index in [4.69, 9.17) is 5.73 Å². The van der Waals surface area contributed by atoms with Gasteiger partial charge in [0.25, 0.3) is 0 Å². The van der Waals surface area contributed by atoms with Gasteiger partial charge in [-0.15, -0.1) is 0 Å². The number of carbonyl (C=O) groups is 1. The molecule has 0 radical (unpaired) electrons. The third-order valence-electron chi connectivity index (χ3n) is 4.11. The van der Waals surface area contributed by atoms with Crippen molar-refractivity contribution in [2.45, 2.75) is 44.9 Å². The predicted molar refractivity (Wildman–Crippen MR) is 79.5 cm³/mol. The van der Waals surface area contributed by atoms with Crippen LogP contribution in [-0.2, 0) is 11.2 Å². The van der Waals surface area contributed by atoms with E-state index in [1.54, 1.807) is 4.90 Å². The summed E-state index contributed by atoms with van der Waals surface area (Å²) in [6, 6.07) is 6.55. The summed E-state index contributed by atoms with van der Waals surface area (Å²) in [6.07, 6.45) is 4.99. The molecule has 2 N–H and O–H groups in total. The lowest BCUT2D eigenvalue weighted by Crippen LogP contribution is -2.31. The molecule has 1 aromatic carbocycles. The molecule has 0 fully saturated rings. The van der Waals surface area contributed by atoms with Crippen molar-refractivity contribution >= 4 is 11.6 Å². The summed E-state index contributed by atoms with van der Waals surface area (Å²) >= 11 is 0. The molecule has 1 atom stereocenters. The van der Waals surface area contributed by atoms with E-state index in [1.165, 1.54) is 24.0 Å². The van der Waals surface area contributed by atoms with Crippen molar-refractivity contribution in [2.75, 3.05) is 18.5 Å². The van der Waals surface area contributed by atoms with Crippen LogP contribution in [0.25, 0.3) is 0 Å². The van der Waals surface area contributed by atoms with Crippen LogP contribution in [0.15, 0.2) is 18.2 Å². The Hall–Kier alpha value is -1.35. The molecule has 104 valence electrons. The summed E-state index contributed by atoms with van der Waals surface area (Å²) in [5.41, 5.74) is 9.31. The maximum Gasteiger partial charge on any atom is 0.227 e. The normalized spacial score (nSPS) is 16.4. The number of nitrogens with two attached hydrogens (primary N) is 1. The number of aryl methyl sites for hydroxylation is 1. The van der Waals surface area contributed by atoms with Crippen molar-refractivity contribution in [2.24, 2.45) is 5.73 Å². The van der Waals surface area contributed by atoms with Gasteiger partial charge in [0.15, 0.2) is 0 Å². The summed E-state index contributed by atoms with van der Waals surface area (Å²) in [5, 5.41) is 0. The first-order valence-corrected chi connectivity index (χ1v) is 7.23. The molecule has 19 heavy (non-hydrogen) atoms. The van der Waals surface area contributed by atoms with Crippen molar-refractivity contribution < 1.29 is 4.79 Å². The first-order valence-electron chi connectivity index (χ1n) is 7.23. The summed E-state index contributed by atoms with van der Waals surface area (Å²) in [5.74, 6) is 0.788. The van der Waals surface area contributed by atoms with E-state index in [0.29, 0.717) is 12.3 Å². The molecule has 0 aliphatic carbocycles. The Morgan fingerprint density at radius 1 is 1.32 bits per heavy atom. The second kappa shape index (κ2) is 6.20. The number of nitrogens with zero attached hydrogens (tertiary/aromatic N) is 1. The first kappa shape index (κ1) is 14.1. The predicted octanol–water partition coefficient (Wildman–Crippen LogP) is 2.83. The molecule has 1 aliphatic rings. The molecule has 1 aliphatic heterocycles. The fourth-order valence-electron chi connectivity index (χ4n) is 2.74. The lowest BCUT2D eigenvalue weighted by Gasteiger charge is -2.27. The summed E-state index contributed by atoms with van der Waals surface area (Å²) in [4.78, 5) is 13.4. The maximum atomic E-state index is 11.7. The average molecular weight is 260 g/mol. The third-order valence-corrected chi connectivity index (χ3v) is 4.11. The number of benzene rings is 1. The number of anilines is 1. The van der Waals surface area contributed by atoms with Gasteiger partial charge in [0.1, 0.15) is 0 Å². The highest BCUT2D eigenvalue weighted by Crippen LogP contribution is 2.31. The van der Waals surface area contributed by atoms with Crippen LogP contribution in [0.2, 0.25) is 0 Å².